The van der Waals surface area contributed by atoms with Crippen LogP contribution in [-0.4, -0.2) is 69.0 Å². The van der Waals surface area contributed by atoms with Gasteiger partial charge in [-0.2, -0.15) is 0 Å². The molecular weight excluding hydrogens is 266 g/mol. The fraction of sp³-hybridized carbons (Fsp3) is 0.923. The van der Waals surface area contributed by atoms with Crippen LogP contribution < -0.4 is 5.32 Å². The Kier molecular flexibility index (Phi) is 10.6. The molecule has 0 radical (unpaired) electrons. The van der Waals surface area contributed by atoms with Crippen molar-refractivity contribution in [2.75, 3.05) is 13.2 Å². The van der Waals surface area contributed by atoms with Crippen molar-refractivity contribution in [3.8, 4) is 0 Å². The van der Waals surface area contributed by atoms with Crippen LogP contribution in [0, 0.1) is 0 Å². The van der Waals surface area contributed by atoms with Gasteiger partial charge in [0, 0.05) is 6.54 Å². The molecule has 0 aromatic rings. The van der Waals surface area contributed by atoms with Crippen LogP contribution in [0.1, 0.15) is 39.0 Å². The van der Waals surface area contributed by atoms with Crippen molar-refractivity contribution in [1.82, 2.24) is 5.32 Å². The van der Waals surface area contributed by atoms with Gasteiger partial charge in [0.2, 0.25) is 0 Å². The quantitative estimate of drug-likeness (QED) is 0.257. The molecule has 0 spiro atoms. The van der Waals surface area contributed by atoms with E-state index < -0.39 is 36.9 Å². The first-order chi connectivity index (χ1) is 9.45. The van der Waals surface area contributed by atoms with Crippen LogP contribution in [0.2, 0.25) is 0 Å². The fourth-order valence-corrected chi connectivity index (χ4v) is 1.72. The highest BCUT2D eigenvalue weighted by Crippen LogP contribution is 2.06. The molecule has 0 heterocycles. The molecule has 0 bridgehead atoms. The summed E-state index contributed by atoms with van der Waals surface area (Å²) in [6.45, 7) is 1.71. The number of nitrogens with one attached hydrogen (secondary N) is 1. The van der Waals surface area contributed by atoms with Gasteiger partial charge < -0.3 is 30.8 Å². The van der Waals surface area contributed by atoms with Gasteiger partial charge in [-0.05, 0) is 6.42 Å². The van der Waals surface area contributed by atoms with Gasteiger partial charge in [-0.3, -0.25) is 4.79 Å². The SMILES string of the molecule is CCCCCCCNC(=O)[C@H](O)[C@@H](O)[C@@H](O)[C@H](O)CO. The predicted octanol–water partition coefficient (Wildman–Crippen LogP) is -1.49. The summed E-state index contributed by atoms with van der Waals surface area (Å²) in [4.78, 5) is 11.5. The molecule has 0 fully saturated rings. The summed E-state index contributed by atoms with van der Waals surface area (Å²) in [5, 5.41) is 48.6. The summed E-state index contributed by atoms with van der Waals surface area (Å²) in [6.07, 6.45) is -2.00. The maximum absolute atomic E-state index is 11.5. The van der Waals surface area contributed by atoms with E-state index in [1.807, 2.05) is 0 Å². The van der Waals surface area contributed by atoms with E-state index in [2.05, 4.69) is 12.2 Å². The zero-order valence-corrected chi connectivity index (χ0v) is 11.9. The molecule has 4 atom stereocenters. The van der Waals surface area contributed by atoms with Crippen LogP contribution in [-0.2, 0) is 4.79 Å². The Bertz CT molecular complexity index is 263. The Morgan fingerprint density at radius 1 is 1.00 bits per heavy atom. The molecule has 7 heteroatoms. The number of carbonyl (C=O) groups excluding carboxylic acids is 1. The number of carbonyl (C=O) groups is 1. The third-order valence-electron chi connectivity index (χ3n) is 3.10. The number of hydrogen-bond acceptors (Lipinski definition) is 6. The second kappa shape index (κ2) is 11.0. The molecule has 0 rings (SSSR count). The lowest BCUT2D eigenvalue weighted by Crippen LogP contribution is -2.51. The van der Waals surface area contributed by atoms with E-state index in [-0.39, 0.29) is 0 Å². The summed E-state index contributed by atoms with van der Waals surface area (Å²) in [5.74, 6) is -0.808. The topological polar surface area (TPSA) is 130 Å². The molecule has 120 valence electrons. The van der Waals surface area contributed by atoms with E-state index in [0.717, 1.165) is 32.1 Å². The summed E-state index contributed by atoms with van der Waals surface area (Å²) >= 11 is 0. The number of aliphatic hydroxyl groups excluding tert-OH is 5. The fourth-order valence-electron chi connectivity index (χ4n) is 1.72. The minimum atomic E-state index is -1.85. The van der Waals surface area contributed by atoms with Crippen LogP contribution in [0.5, 0.6) is 0 Å². The van der Waals surface area contributed by atoms with Gasteiger partial charge in [0.1, 0.15) is 18.3 Å². The molecule has 1 amide bonds. The van der Waals surface area contributed by atoms with Crippen LogP contribution >= 0.6 is 0 Å². The second-order valence-corrected chi connectivity index (χ2v) is 4.88. The molecule has 0 unspecified atom stereocenters. The van der Waals surface area contributed by atoms with Crippen molar-refractivity contribution in [3.05, 3.63) is 0 Å². The Morgan fingerprint density at radius 2 is 1.60 bits per heavy atom. The maximum atomic E-state index is 11.5. The van der Waals surface area contributed by atoms with Crippen LogP contribution in [0.4, 0.5) is 0 Å². The van der Waals surface area contributed by atoms with Crippen LogP contribution in [0.25, 0.3) is 0 Å². The maximum Gasteiger partial charge on any atom is 0.251 e. The number of unbranched alkanes of at least 4 members (excludes halogenated alkanes) is 4. The molecule has 6 N–H and O–H groups in total. The van der Waals surface area contributed by atoms with Gasteiger partial charge in [-0.1, -0.05) is 32.6 Å². The summed E-state index contributed by atoms with van der Waals surface area (Å²) in [5.41, 5.74) is 0. The van der Waals surface area contributed by atoms with Gasteiger partial charge in [-0.15, -0.1) is 0 Å². The van der Waals surface area contributed by atoms with E-state index in [1.54, 1.807) is 0 Å². The summed E-state index contributed by atoms with van der Waals surface area (Å²) in [6, 6.07) is 0. The summed E-state index contributed by atoms with van der Waals surface area (Å²) in [7, 11) is 0. The normalized spacial score (nSPS) is 17.3. The molecule has 0 aliphatic rings. The van der Waals surface area contributed by atoms with E-state index in [4.69, 9.17) is 10.2 Å². The average molecular weight is 293 g/mol. The van der Waals surface area contributed by atoms with Gasteiger partial charge in [-0.25, -0.2) is 0 Å². The smallest absolute Gasteiger partial charge is 0.251 e. The second-order valence-electron chi connectivity index (χ2n) is 4.88. The zero-order chi connectivity index (χ0) is 15.5. The standard InChI is InChI=1S/C13H27NO6/c1-2-3-4-5-6-7-14-13(20)12(19)11(18)10(17)9(16)8-15/h9-12,15-19H,2-8H2,1H3,(H,14,20)/t9-,10+,11+,12-/m1/s1. The van der Waals surface area contributed by atoms with Gasteiger partial charge in [0.25, 0.3) is 5.91 Å². The van der Waals surface area contributed by atoms with Crippen molar-refractivity contribution in [2.45, 2.75) is 63.4 Å². The average Bonchev–Trinajstić information content (AvgIpc) is 2.47. The largest absolute Gasteiger partial charge is 0.394 e. The highest BCUT2D eigenvalue weighted by molar-refractivity contribution is 5.81. The first-order valence-corrected chi connectivity index (χ1v) is 7.06. The van der Waals surface area contributed by atoms with Crippen molar-refractivity contribution in [2.24, 2.45) is 0 Å². The number of hydrogen-bond donors (Lipinski definition) is 6. The lowest BCUT2D eigenvalue weighted by atomic mass is 10.0. The van der Waals surface area contributed by atoms with E-state index >= 15 is 0 Å². The molecule has 0 saturated heterocycles. The van der Waals surface area contributed by atoms with Crippen molar-refractivity contribution in [1.29, 1.82) is 0 Å². The molecule has 0 saturated carbocycles. The Labute approximate surface area is 119 Å². The van der Waals surface area contributed by atoms with Crippen molar-refractivity contribution < 1.29 is 30.3 Å². The minimum absolute atomic E-state index is 0.380. The lowest BCUT2D eigenvalue weighted by molar-refractivity contribution is -0.148. The highest BCUT2D eigenvalue weighted by atomic mass is 16.4. The first-order valence-electron chi connectivity index (χ1n) is 7.06. The first kappa shape index (κ1) is 19.3. The molecule has 7 nitrogen and oxygen atoms in total. The molecular formula is C13H27NO6. The van der Waals surface area contributed by atoms with Crippen molar-refractivity contribution >= 4 is 5.91 Å². The molecule has 20 heavy (non-hydrogen) atoms. The molecule has 0 aromatic carbocycles. The van der Waals surface area contributed by atoms with Crippen LogP contribution in [0.3, 0.4) is 0 Å². The van der Waals surface area contributed by atoms with Gasteiger partial charge >= 0.3 is 0 Å². The minimum Gasteiger partial charge on any atom is -0.394 e. The Hall–Kier alpha value is -0.730. The number of aliphatic hydroxyl groups is 5. The van der Waals surface area contributed by atoms with E-state index in [9.17, 15) is 20.1 Å². The van der Waals surface area contributed by atoms with Gasteiger partial charge in [0.05, 0.1) is 6.61 Å². The van der Waals surface area contributed by atoms with E-state index in [1.165, 1.54) is 0 Å². The predicted molar refractivity (Wildman–Crippen MR) is 72.9 cm³/mol. The molecule has 0 aliphatic heterocycles. The zero-order valence-electron chi connectivity index (χ0n) is 11.9. The Morgan fingerprint density at radius 3 is 2.15 bits per heavy atom. The third-order valence-corrected chi connectivity index (χ3v) is 3.10. The lowest BCUT2D eigenvalue weighted by Gasteiger charge is -2.24. The highest BCUT2D eigenvalue weighted by Gasteiger charge is 2.33. The van der Waals surface area contributed by atoms with Crippen LogP contribution in [0.15, 0.2) is 0 Å². The van der Waals surface area contributed by atoms with Gasteiger partial charge in [0.15, 0.2) is 6.10 Å². The molecule has 0 aromatic heterocycles. The third kappa shape index (κ3) is 7.16. The van der Waals surface area contributed by atoms with E-state index in [0.29, 0.717) is 6.54 Å². The monoisotopic (exact) mass is 293 g/mol. The molecule has 0 aliphatic carbocycles. The Balaban J connectivity index is 3.96. The van der Waals surface area contributed by atoms with Crippen molar-refractivity contribution in [3.63, 3.8) is 0 Å². The number of rotatable bonds is 11. The summed E-state index contributed by atoms with van der Waals surface area (Å²) < 4.78 is 0. The number of amides is 1.